The van der Waals surface area contributed by atoms with Gasteiger partial charge in [-0.3, -0.25) is 4.79 Å². The Hall–Kier alpha value is -1.35. The second-order valence-electron chi connectivity index (χ2n) is 3.13. The van der Waals surface area contributed by atoms with E-state index in [1.54, 1.807) is 12.1 Å². The maximum atomic E-state index is 10.5. The molecule has 0 heterocycles. The molecule has 16 heavy (non-hydrogen) atoms. The fourth-order valence-electron chi connectivity index (χ4n) is 1.07. The predicted octanol–water partition coefficient (Wildman–Crippen LogP) is 0.816. The Morgan fingerprint density at radius 2 is 2.31 bits per heavy atom. The third-order valence-electron chi connectivity index (χ3n) is 1.90. The Labute approximate surface area is 97.5 Å². The van der Waals surface area contributed by atoms with Crippen LogP contribution in [0.5, 0.6) is 0 Å². The molecule has 0 radical (unpaired) electrons. The van der Waals surface area contributed by atoms with Crippen molar-refractivity contribution in [3.63, 3.8) is 0 Å². The summed E-state index contributed by atoms with van der Waals surface area (Å²) in [5.74, 6) is 0.311. The van der Waals surface area contributed by atoms with Crippen LogP contribution in [0.1, 0.15) is 15.9 Å². The Bertz CT molecular complexity index is 414. The SMILES string of the molecule is N#Cc1cc(C=O)ccc1SCC(O)CO. The van der Waals surface area contributed by atoms with Crippen molar-refractivity contribution in [2.75, 3.05) is 12.4 Å². The van der Waals surface area contributed by atoms with Gasteiger partial charge in [0.05, 0.1) is 18.3 Å². The van der Waals surface area contributed by atoms with Crippen molar-refractivity contribution in [2.24, 2.45) is 0 Å². The molecular formula is C11H11NO3S. The van der Waals surface area contributed by atoms with Crippen LogP contribution in [-0.2, 0) is 0 Å². The summed E-state index contributed by atoms with van der Waals surface area (Å²) in [6.45, 7) is -0.304. The summed E-state index contributed by atoms with van der Waals surface area (Å²) in [6, 6.07) is 6.77. The van der Waals surface area contributed by atoms with E-state index in [9.17, 15) is 9.90 Å². The average molecular weight is 237 g/mol. The number of nitriles is 1. The van der Waals surface area contributed by atoms with Crippen LogP contribution in [0, 0.1) is 11.3 Å². The number of aldehydes is 1. The highest BCUT2D eigenvalue weighted by molar-refractivity contribution is 7.99. The van der Waals surface area contributed by atoms with Gasteiger partial charge in [-0.2, -0.15) is 5.26 Å². The van der Waals surface area contributed by atoms with Crippen LogP contribution in [0.25, 0.3) is 0 Å². The smallest absolute Gasteiger partial charge is 0.150 e. The highest BCUT2D eigenvalue weighted by Gasteiger charge is 2.07. The number of carbonyl (C=O) groups is 1. The van der Waals surface area contributed by atoms with E-state index in [0.717, 1.165) is 0 Å². The minimum atomic E-state index is -0.803. The first kappa shape index (κ1) is 12.7. The van der Waals surface area contributed by atoms with Gasteiger partial charge in [0.2, 0.25) is 0 Å². The molecular weight excluding hydrogens is 226 g/mol. The van der Waals surface area contributed by atoms with Gasteiger partial charge in [-0.25, -0.2) is 0 Å². The lowest BCUT2D eigenvalue weighted by Gasteiger charge is -2.07. The zero-order chi connectivity index (χ0) is 12.0. The molecule has 0 bridgehead atoms. The quantitative estimate of drug-likeness (QED) is 0.585. The molecule has 2 N–H and O–H groups in total. The largest absolute Gasteiger partial charge is 0.394 e. The molecule has 0 saturated heterocycles. The number of hydrogen-bond acceptors (Lipinski definition) is 5. The molecule has 1 atom stereocenters. The summed E-state index contributed by atoms with van der Waals surface area (Å²) >= 11 is 1.28. The van der Waals surface area contributed by atoms with Gasteiger partial charge in [-0.15, -0.1) is 11.8 Å². The van der Waals surface area contributed by atoms with Gasteiger partial charge >= 0.3 is 0 Å². The van der Waals surface area contributed by atoms with Crippen LogP contribution >= 0.6 is 11.8 Å². The summed E-state index contributed by atoms with van der Waals surface area (Å²) in [5, 5.41) is 26.7. The van der Waals surface area contributed by atoms with E-state index in [1.807, 2.05) is 6.07 Å². The van der Waals surface area contributed by atoms with Gasteiger partial charge in [0, 0.05) is 16.2 Å². The first-order valence-corrected chi connectivity index (χ1v) is 5.61. The van der Waals surface area contributed by atoms with Crippen molar-refractivity contribution < 1.29 is 15.0 Å². The van der Waals surface area contributed by atoms with Crippen molar-refractivity contribution >= 4 is 18.0 Å². The number of aliphatic hydroxyl groups is 2. The monoisotopic (exact) mass is 237 g/mol. The molecule has 1 aromatic rings. The lowest BCUT2D eigenvalue weighted by molar-refractivity contribution is 0.112. The van der Waals surface area contributed by atoms with Gasteiger partial charge < -0.3 is 10.2 Å². The second kappa shape index (κ2) is 6.28. The van der Waals surface area contributed by atoms with Gasteiger partial charge in [0.15, 0.2) is 0 Å². The molecule has 1 unspecified atom stereocenters. The molecule has 0 aliphatic carbocycles. The number of carbonyl (C=O) groups excluding carboxylic acids is 1. The lowest BCUT2D eigenvalue weighted by Crippen LogP contribution is -2.14. The highest BCUT2D eigenvalue weighted by Crippen LogP contribution is 2.23. The van der Waals surface area contributed by atoms with E-state index in [1.165, 1.54) is 17.8 Å². The van der Waals surface area contributed by atoms with Gasteiger partial charge in [0.1, 0.15) is 12.4 Å². The van der Waals surface area contributed by atoms with Crippen LogP contribution in [0.15, 0.2) is 23.1 Å². The molecule has 1 aromatic carbocycles. The number of rotatable bonds is 5. The van der Waals surface area contributed by atoms with E-state index in [0.29, 0.717) is 28.1 Å². The standard InChI is InChI=1S/C11H11NO3S/c12-4-9-3-8(5-13)1-2-11(9)16-7-10(15)6-14/h1-3,5,10,14-15H,6-7H2. The number of nitrogens with zero attached hydrogens (tertiary/aromatic N) is 1. The third kappa shape index (κ3) is 3.35. The summed E-state index contributed by atoms with van der Waals surface area (Å²) in [4.78, 5) is 11.2. The van der Waals surface area contributed by atoms with Crippen molar-refractivity contribution in [3.8, 4) is 6.07 Å². The fraction of sp³-hybridized carbons (Fsp3) is 0.273. The number of thioether (sulfide) groups is 1. The fourth-order valence-corrected chi connectivity index (χ4v) is 1.97. The van der Waals surface area contributed by atoms with E-state index in [-0.39, 0.29) is 6.61 Å². The molecule has 4 nitrogen and oxygen atoms in total. The molecule has 0 saturated carbocycles. The number of benzene rings is 1. The summed E-state index contributed by atoms with van der Waals surface area (Å²) < 4.78 is 0. The van der Waals surface area contributed by atoms with E-state index >= 15 is 0 Å². The maximum Gasteiger partial charge on any atom is 0.150 e. The van der Waals surface area contributed by atoms with Crippen LogP contribution in [0.3, 0.4) is 0 Å². The Morgan fingerprint density at radius 1 is 1.56 bits per heavy atom. The molecule has 84 valence electrons. The van der Waals surface area contributed by atoms with Crippen molar-refractivity contribution in [1.82, 2.24) is 0 Å². The molecule has 5 heteroatoms. The lowest BCUT2D eigenvalue weighted by atomic mass is 10.1. The molecule has 0 spiro atoms. The second-order valence-corrected chi connectivity index (χ2v) is 4.19. The first-order valence-electron chi connectivity index (χ1n) is 4.62. The molecule has 1 rings (SSSR count). The van der Waals surface area contributed by atoms with Gasteiger partial charge in [-0.1, -0.05) is 6.07 Å². The minimum absolute atomic E-state index is 0.304. The normalized spacial score (nSPS) is 11.8. The van der Waals surface area contributed by atoms with Crippen molar-refractivity contribution in [2.45, 2.75) is 11.0 Å². The molecule has 0 aliphatic heterocycles. The van der Waals surface area contributed by atoms with Crippen molar-refractivity contribution in [1.29, 1.82) is 5.26 Å². The van der Waals surface area contributed by atoms with Gasteiger partial charge in [-0.05, 0) is 12.1 Å². The van der Waals surface area contributed by atoms with Crippen LogP contribution in [0.4, 0.5) is 0 Å². The maximum absolute atomic E-state index is 10.5. The van der Waals surface area contributed by atoms with Crippen LogP contribution in [-0.4, -0.2) is 35.0 Å². The summed E-state index contributed by atoms with van der Waals surface area (Å²) in [6.07, 6.45) is -0.125. The predicted molar refractivity (Wildman–Crippen MR) is 60.4 cm³/mol. The average Bonchev–Trinajstić information content (AvgIpc) is 2.35. The highest BCUT2D eigenvalue weighted by atomic mass is 32.2. The first-order chi connectivity index (χ1) is 7.71. The minimum Gasteiger partial charge on any atom is -0.394 e. The Kier molecular flexibility index (Phi) is 4.99. The Balaban J connectivity index is 2.80. The van der Waals surface area contributed by atoms with E-state index in [2.05, 4.69) is 0 Å². The molecule has 0 aromatic heterocycles. The zero-order valence-electron chi connectivity index (χ0n) is 8.46. The van der Waals surface area contributed by atoms with Gasteiger partial charge in [0.25, 0.3) is 0 Å². The molecule has 0 amide bonds. The summed E-state index contributed by atoms with van der Waals surface area (Å²) in [5.41, 5.74) is 0.850. The number of aliphatic hydroxyl groups excluding tert-OH is 2. The molecule has 0 aliphatic rings. The van der Waals surface area contributed by atoms with Crippen molar-refractivity contribution in [3.05, 3.63) is 29.3 Å². The van der Waals surface area contributed by atoms with Crippen LogP contribution in [0.2, 0.25) is 0 Å². The number of hydrogen-bond donors (Lipinski definition) is 2. The molecule has 0 fully saturated rings. The third-order valence-corrected chi connectivity index (χ3v) is 3.12. The Morgan fingerprint density at radius 3 is 2.88 bits per heavy atom. The van der Waals surface area contributed by atoms with E-state index < -0.39 is 6.10 Å². The summed E-state index contributed by atoms with van der Waals surface area (Å²) in [7, 11) is 0. The van der Waals surface area contributed by atoms with Crippen LogP contribution < -0.4 is 0 Å². The zero-order valence-corrected chi connectivity index (χ0v) is 9.28. The van der Waals surface area contributed by atoms with E-state index in [4.69, 9.17) is 10.4 Å². The topological polar surface area (TPSA) is 81.3 Å².